The van der Waals surface area contributed by atoms with Gasteiger partial charge in [0.15, 0.2) is 0 Å². The van der Waals surface area contributed by atoms with Crippen LogP contribution < -0.4 is 10.6 Å². The van der Waals surface area contributed by atoms with Gasteiger partial charge in [0, 0.05) is 25.8 Å². The van der Waals surface area contributed by atoms with Gasteiger partial charge < -0.3 is 10.6 Å². The van der Waals surface area contributed by atoms with Crippen molar-refractivity contribution in [2.75, 3.05) is 11.4 Å². The third-order valence-corrected chi connectivity index (χ3v) is 3.34. The van der Waals surface area contributed by atoms with Crippen LogP contribution in [0.4, 0.5) is 5.82 Å². The van der Waals surface area contributed by atoms with Crippen LogP contribution in [0.2, 0.25) is 0 Å². The van der Waals surface area contributed by atoms with E-state index >= 15 is 0 Å². The molecule has 0 bridgehead atoms. The second-order valence-corrected chi connectivity index (χ2v) is 4.51. The Morgan fingerprint density at radius 3 is 2.83 bits per heavy atom. The highest BCUT2D eigenvalue weighted by atomic mass is 15.2. The molecular weight excluding hydrogens is 224 g/mol. The third kappa shape index (κ3) is 2.07. The van der Waals surface area contributed by atoms with Crippen LogP contribution in [0.25, 0.3) is 0 Å². The molecule has 1 aromatic carbocycles. The Morgan fingerprint density at radius 1 is 1.17 bits per heavy atom. The molecule has 0 saturated heterocycles. The van der Waals surface area contributed by atoms with Crippen LogP contribution in [0.15, 0.2) is 36.7 Å². The van der Waals surface area contributed by atoms with Gasteiger partial charge in [-0.25, -0.2) is 4.98 Å². The summed E-state index contributed by atoms with van der Waals surface area (Å²) in [7, 11) is 0. The predicted molar refractivity (Wildman–Crippen MR) is 71.1 cm³/mol. The summed E-state index contributed by atoms with van der Waals surface area (Å²) in [5.41, 5.74) is 9.26. The average Bonchev–Trinajstić information content (AvgIpc) is 2.47. The number of rotatable bonds is 2. The largest absolute Gasteiger partial charge is 0.351 e. The maximum Gasteiger partial charge on any atom is 0.147 e. The van der Waals surface area contributed by atoms with Crippen LogP contribution in [-0.4, -0.2) is 16.5 Å². The van der Waals surface area contributed by atoms with E-state index < -0.39 is 0 Å². The lowest BCUT2D eigenvalue weighted by molar-refractivity contribution is 0.714. The van der Waals surface area contributed by atoms with E-state index in [2.05, 4.69) is 39.1 Å². The van der Waals surface area contributed by atoms with Gasteiger partial charge in [-0.1, -0.05) is 24.3 Å². The molecule has 92 valence electrons. The highest BCUT2D eigenvalue weighted by Gasteiger charge is 2.17. The van der Waals surface area contributed by atoms with Crippen LogP contribution >= 0.6 is 0 Å². The Morgan fingerprint density at radius 2 is 2.00 bits per heavy atom. The summed E-state index contributed by atoms with van der Waals surface area (Å²) in [6, 6.07) is 8.57. The van der Waals surface area contributed by atoms with Gasteiger partial charge in [-0.3, -0.25) is 4.98 Å². The van der Waals surface area contributed by atoms with Gasteiger partial charge in [-0.2, -0.15) is 0 Å². The zero-order valence-electron chi connectivity index (χ0n) is 10.2. The van der Waals surface area contributed by atoms with Gasteiger partial charge >= 0.3 is 0 Å². The van der Waals surface area contributed by atoms with E-state index in [1.165, 1.54) is 11.1 Å². The molecule has 3 rings (SSSR count). The summed E-state index contributed by atoms with van der Waals surface area (Å²) in [4.78, 5) is 11.0. The first-order valence-electron chi connectivity index (χ1n) is 6.19. The minimum atomic E-state index is 0.436. The van der Waals surface area contributed by atoms with E-state index in [0.29, 0.717) is 6.54 Å². The maximum absolute atomic E-state index is 5.60. The summed E-state index contributed by atoms with van der Waals surface area (Å²) in [6.45, 7) is 2.32. The quantitative estimate of drug-likeness (QED) is 0.864. The second kappa shape index (κ2) is 4.74. The molecule has 18 heavy (non-hydrogen) atoms. The smallest absolute Gasteiger partial charge is 0.147 e. The first-order chi connectivity index (χ1) is 8.86. The molecule has 0 atom stereocenters. The van der Waals surface area contributed by atoms with Gasteiger partial charge in [0.2, 0.25) is 0 Å². The third-order valence-electron chi connectivity index (χ3n) is 3.34. The average molecular weight is 240 g/mol. The second-order valence-electron chi connectivity index (χ2n) is 4.51. The summed E-state index contributed by atoms with van der Waals surface area (Å²) >= 11 is 0. The van der Waals surface area contributed by atoms with Crippen molar-refractivity contribution in [3.05, 3.63) is 53.5 Å². The number of aromatic nitrogens is 2. The SMILES string of the molecule is NCc1cncc(N2CCc3ccccc3C2)n1. The normalized spacial score (nSPS) is 14.4. The lowest BCUT2D eigenvalue weighted by Crippen LogP contribution is -2.31. The van der Waals surface area contributed by atoms with E-state index in [9.17, 15) is 0 Å². The summed E-state index contributed by atoms with van der Waals surface area (Å²) < 4.78 is 0. The summed E-state index contributed by atoms with van der Waals surface area (Å²) in [5, 5.41) is 0. The standard InChI is InChI=1S/C14H16N4/c15-7-13-8-16-9-14(17-13)18-6-5-11-3-1-2-4-12(11)10-18/h1-4,8-9H,5-7,10,15H2. The fourth-order valence-electron chi connectivity index (χ4n) is 2.34. The van der Waals surface area contributed by atoms with Gasteiger partial charge in [0.1, 0.15) is 5.82 Å². The molecule has 0 fully saturated rings. The molecule has 4 nitrogen and oxygen atoms in total. The highest BCUT2D eigenvalue weighted by molar-refractivity contribution is 5.42. The molecule has 0 amide bonds. The predicted octanol–water partition coefficient (Wildman–Crippen LogP) is 1.50. The van der Waals surface area contributed by atoms with Crippen molar-refractivity contribution in [1.82, 2.24) is 9.97 Å². The zero-order chi connectivity index (χ0) is 12.4. The Balaban J connectivity index is 1.87. The van der Waals surface area contributed by atoms with Crippen LogP contribution in [0.1, 0.15) is 16.8 Å². The van der Waals surface area contributed by atoms with E-state index in [4.69, 9.17) is 5.73 Å². The van der Waals surface area contributed by atoms with Gasteiger partial charge in [-0.15, -0.1) is 0 Å². The zero-order valence-corrected chi connectivity index (χ0v) is 10.2. The van der Waals surface area contributed by atoms with Crippen molar-refractivity contribution >= 4 is 5.82 Å². The first kappa shape index (κ1) is 11.2. The first-order valence-corrected chi connectivity index (χ1v) is 6.19. The van der Waals surface area contributed by atoms with E-state index in [0.717, 1.165) is 31.0 Å². The number of nitrogens with two attached hydrogens (primary N) is 1. The maximum atomic E-state index is 5.60. The van der Waals surface area contributed by atoms with E-state index in [1.807, 2.05) is 6.20 Å². The molecule has 2 N–H and O–H groups in total. The molecule has 4 heteroatoms. The van der Waals surface area contributed by atoms with Crippen LogP contribution in [-0.2, 0) is 19.5 Å². The summed E-state index contributed by atoms with van der Waals surface area (Å²) in [6.07, 6.45) is 4.60. The fourth-order valence-corrected chi connectivity index (χ4v) is 2.34. The number of fused-ring (bicyclic) bond motifs is 1. The molecule has 0 saturated carbocycles. The Hall–Kier alpha value is -1.94. The van der Waals surface area contributed by atoms with Crippen molar-refractivity contribution in [3.8, 4) is 0 Å². The number of anilines is 1. The highest BCUT2D eigenvalue weighted by Crippen LogP contribution is 2.22. The van der Waals surface area contributed by atoms with Crippen molar-refractivity contribution in [2.45, 2.75) is 19.5 Å². The fraction of sp³-hybridized carbons (Fsp3) is 0.286. The van der Waals surface area contributed by atoms with Crippen molar-refractivity contribution in [2.24, 2.45) is 5.73 Å². The van der Waals surface area contributed by atoms with Gasteiger partial charge in [-0.05, 0) is 17.5 Å². The van der Waals surface area contributed by atoms with Gasteiger partial charge in [0.05, 0.1) is 11.9 Å². The Bertz CT molecular complexity index is 553. The molecule has 1 aliphatic rings. The minimum Gasteiger partial charge on any atom is -0.351 e. The van der Waals surface area contributed by atoms with Crippen LogP contribution in [0.3, 0.4) is 0 Å². The van der Waals surface area contributed by atoms with E-state index in [-0.39, 0.29) is 0 Å². The molecule has 0 radical (unpaired) electrons. The molecule has 0 aliphatic carbocycles. The number of hydrogen-bond acceptors (Lipinski definition) is 4. The Kier molecular flexibility index (Phi) is 2.94. The topological polar surface area (TPSA) is 55.0 Å². The van der Waals surface area contributed by atoms with Crippen LogP contribution in [0, 0.1) is 0 Å². The molecule has 2 heterocycles. The van der Waals surface area contributed by atoms with Crippen LogP contribution in [0.5, 0.6) is 0 Å². The molecule has 0 spiro atoms. The number of hydrogen-bond donors (Lipinski definition) is 1. The monoisotopic (exact) mass is 240 g/mol. The van der Waals surface area contributed by atoms with Crippen molar-refractivity contribution in [3.63, 3.8) is 0 Å². The van der Waals surface area contributed by atoms with Crippen molar-refractivity contribution in [1.29, 1.82) is 0 Å². The molecule has 2 aromatic rings. The number of benzene rings is 1. The molecular formula is C14H16N4. The van der Waals surface area contributed by atoms with Crippen molar-refractivity contribution < 1.29 is 0 Å². The van der Waals surface area contributed by atoms with Gasteiger partial charge in [0.25, 0.3) is 0 Å². The molecule has 1 aliphatic heterocycles. The van der Waals surface area contributed by atoms with E-state index in [1.54, 1.807) is 6.20 Å². The number of nitrogens with zero attached hydrogens (tertiary/aromatic N) is 3. The Labute approximate surface area is 106 Å². The minimum absolute atomic E-state index is 0.436. The lowest BCUT2D eigenvalue weighted by Gasteiger charge is -2.29. The summed E-state index contributed by atoms with van der Waals surface area (Å²) in [5.74, 6) is 0.924. The lowest BCUT2D eigenvalue weighted by atomic mass is 10.0. The molecule has 0 unspecified atom stereocenters. The molecule has 1 aromatic heterocycles.